The van der Waals surface area contributed by atoms with Crippen LogP contribution in [0.3, 0.4) is 0 Å². The van der Waals surface area contributed by atoms with E-state index in [-0.39, 0.29) is 23.6 Å². The Balaban J connectivity index is 1.67. The third kappa shape index (κ3) is 4.31. The zero-order valence-electron chi connectivity index (χ0n) is 16.0. The largest absolute Gasteiger partial charge is 0.494 e. The van der Waals surface area contributed by atoms with Gasteiger partial charge < -0.3 is 14.6 Å². The predicted octanol–water partition coefficient (Wildman–Crippen LogP) is 2.40. The summed E-state index contributed by atoms with van der Waals surface area (Å²) in [6.07, 6.45) is 5.66. The Kier molecular flexibility index (Phi) is 6.01. The van der Waals surface area contributed by atoms with Crippen LogP contribution in [0.2, 0.25) is 0 Å². The highest BCUT2D eigenvalue weighted by atomic mass is 19.1. The molecule has 1 aromatic carbocycles. The van der Waals surface area contributed by atoms with Crippen LogP contribution in [0.5, 0.6) is 5.75 Å². The molecule has 0 bridgehead atoms. The Morgan fingerprint density at radius 1 is 1.34 bits per heavy atom. The van der Waals surface area contributed by atoms with Crippen molar-refractivity contribution >= 4 is 12.1 Å². The molecule has 0 aliphatic rings. The number of aryl methyl sites for hydroxylation is 1. The summed E-state index contributed by atoms with van der Waals surface area (Å²) in [6, 6.07) is 2.26. The van der Waals surface area contributed by atoms with Gasteiger partial charge >= 0.3 is 0 Å². The maximum atomic E-state index is 14.2. The van der Waals surface area contributed by atoms with Crippen molar-refractivity contribution in [2.45, 2.75) is 26.4 Å². The lowest BCUT2D eigenvalue weighted by molar-refractivity contribution is 0.0945. The number of rotatable bonds is 8. The second kappa shape index (κ2) is 8.63. The normalized spacial score (nSPS) is 10.8. The number of nitrogens with zero attached hydrogens (tertiary/aromatic N) is 5. The van der Waals surface area contributed by atoms with Crippen LogP contribution in [-0.4, -0.2) is 37.6 Å². The van der Waals surface area contributed by atoms with Crippen LogP contribution in [0, 0.1) is 11.6 Å². The van der Waals surface area contributed by atoms with Gasteiger partial charge in [0.05, 0.1) is 25.5 Å². The monoisotopic (exact) mass is 402 g/mol. The first-order valence-electron chi connectivity index (χ1n) is 8.85. The van der Waals surface area contributed by atoms with Gasteiger partial charge in [0.15, 0.2) is 17.3 Å². The average molecular weight is 402 g/mol. The quantitative estimate of drug-likeness (QED) is 0.625. The van der Waals surface area contributed by atoms with E-state index >= 15 is 0 Å². The number of halogens is 2. The van der Waals surface area contributed by atoms with Gasteiger partial charge in [0.25, 0.3) is 5.91 Å². The Labute approximate surface area is 165 Å². The highest BCUT2D eigenvalue weighted by molar-refractivity contribution is 5.91. The van der Waals surface area contributed by atoms with Crippen LogP contribution in [-0.2, 0) is 19.5 Å². The Bertz CT molecular complexity index is 1040. The molecule has 0 aliphatic heterocycles. The first kappa shape index (κ1) is 20.2. The van der Waals surface area contributed by atoms with Gasteiger partial charge in [0.1, 0.15) is 11.6 Å². The summed E-state index contributed by atoms with van der Waals surface area (Å²) in [5.74, 6) is -1.50. The van der Waals surface area contributed by atoms with E-state index < -0.39 is 17.5 Å². The summed E-state index contributed by atoms with van der Waals surface area (Å²) < 4.78 is 36.1. The molecule has 2 aromatic heterocycles. The number of hydrogen-bond donors (Lipinski definition) is 1. The number of carbonyl (C=O) groups is 1. The smallest absolute Gasteiger partial charge is 0.273 e. The van der Waals surface area contributed by atoms with E-state index in [9.17, 15) is 13.6 Å². The molecule has 0 atom stereocenters. The lowest BCUT2D eigenvalue weighted by Gasteiger charge is -2.09. The minimum absolute atomic E-state index is 0.0209. The third-order valence-corrected chi connectivity index (χ3v) is 4.26. The lowest BCUT2D eigenvalue weighted by atomic mass is 10.2. The molecule has 0 aliphatic carbocycles. The number of hydrogen-bond acceptors (Lipinski definition) is 5. The molecule has 8 nitrogen and oxygen atoms in total. The van der Waals surface area contributed by atoms with Crippen LogP contribution in [0.15, 0.2) is 31.1 Å². The van der Waals surface area contributed by atoms with Crippen molar-refractivity contribution in [3.05, 3.63) is 65.5 Å². The van der Waals surface area contributed by atoms with E-state index in [2.05, 4.69) is 27.2 Å². The molecule has 152 valence electrons. The van der Waals surface area contributed by atoms with Gasteiger partial charge in [-0.05, 0) is 12.1 Å². The van der Waals surface area contributed by atoms with Crippen molar-refractivity contribution < 1.29 is 18.3 Å². The van der Waals surface area contributed by atoms with Gasteiger partial charge in [-0.1, -0.05) is 18.7 Å². The second-order valence-corrected chi connectivity index (χ2v) is 6.12. The molecule has 0 saturated heterocycles. The molecule has 0 radical (unpaired) electrons. The first-order valence-corrected chi connectivity index (χ1v) is 8.85. The number of benzene rings is 1. The fourth-order valence-corrected chi connectivity index (χ4v) is 2.78. The van der Waals surface area contributed by atoms with Crippen molar-refractivity contribution in [3.63, 3.8) is 0 Å². The molecule has 0 spiro atoms. The molecule has 3 aromatic rings. The summed E-state index contributed by atoms with van der Waals surface area (Å²) in [5.41, 5.74) is 0.457. The number of imidazole rings is 1. The minimum atomic E-state index is -0.860. The number of nitrogens with one attached hydrogen (secondary N) is 1. The third-order valence-electron chi connectivity index (χ3n) is 4.26. The van der Waals surface area contributed by atoms with Crippen LogP contribution < -0.4 is 10.1 Å². The van der Waals surface area contributed by atoms with Gasteiger partial charge in [-0.25, -0.2) is 18.4 Å². The molecular formula is C19H20F2N6O2. The van der Waals surface area contributed by atoms with Gasteiger partial charge in [-0.15, -0.1) is 5.10 Å². The number of aromatic nitrogens is 5. The summed E-state index contributed by atoms with van der Waals surface area (Å²) >= 11 is 0. The molecule has 3 rings (SSSR count). The van der Waals surface area contributed by atoms with Crippen molar-refractivity contribution in [2.75, 3.05) is 7.11 Å². The van der Waals surface area contributed by atoms with Gasteiger partial charge in [0, 0.05) is 30.9 Å². The predicted molar refractivity (Wildman–Crippen MR) is 101 cm³/mol. The molecule has 29 heavy (non-hydrogen) atoms. The van der Waals surface area contributed by atoms with Crippen LogP contribution in [0.1, 0.15) is 34.5 Å². The van der Waals surface area contributed by atoms with E-state index in [0.29, 0.717) is 6.54 Å². The SMILES string of the molecule is C=Cn1cc(Cn2cc(C(=O)NCc3c(F)ccc(OC)c3F)nn2)nc1CC. The van der Waals surface area contributed by atoms with Crippen molar-refractivity contribution in [3.8, 4) is 5.75 Å². The fraction of sp³-hybridized carbons (Fsp3) is 0.263. The molecule has 1 amide bonds. The van der Waals surface area contributed by atoms with Crippen LogP contribution in [0.25, 0.3) is 6.20 Å². The molecular weight excluding hydrogens is 382 g/mol. The summed E-state index contributed by atoms with van der Waals surface area (Å²) in [5, 5.41) is 10.1. The average Bonchev–Trinajstić information content (AvgIpc) is 3.34. The summed E-state index contributed by atoms with van der Waals surface area (Å²) in [6.45, 7) is 5.67. The van der Waals surface area contributed by atoms with Crippen molar-refractivity contribution in [1.82, 2.24) is 29.9 Å². The van der Waals surface area contributed by atoms with E-state index in [1.54, 1.807) is 6.20 Å². The van der Waals surface area contributed by atoms with Crippen LogP contribution >= 0.6 is 0 Å². The Morgan fingerprint density at radius 3 is 2.79 bits per heavy atom. The molecule has 1 N–H and O–H groups in total. The topological polar surface area (TPSA) is 86.9 Å². The number of amides is 1. The van der Waals surface area contributed by atoms with Gasteiger partial charge in [-0.3, -0.25) is 4.79 Å². The van der Waals surface area contributed by atoms with E-state index in [1.807, 2.05) is 17.7 Å². The van der Waals surface area contributed by atoms with Crippen LogP contribution in [0.4, 0.5) is 8.78 Å². The van der Waals surface area contributed by atoms with Crippen molar-refractivity contribution in [2.24, 2.45) is 0 Å². The highest BCUT2D eigenvalue weighted by Crippen LogP contribution is 2.22. The molecule has 2 heterocycles. The van der Waals surface area contributed by atoms with Gasteiger partial charge in [-0.2, -0.15) is 0 Å². The number of ether oxygens (including phenoxy) is 1. The Hall–Kier alpha value is -3.56. The van der Waals surface area contributed by atoms with E-state index in [1.165, 1.54) is 24.1 Å². The molecule has 0 unspecified atom stereocenters. The molecule has 0 fully saturated rings. The highest BCUT2D eigenvalue weighted by Gasteiger charge is 2.17. The maximum Gasteiger partial charge on any atom is 0.273 e. The second-order valence-electron chi connectivity index (χ2n) is 6.12. The minimum Gasteiger partial charge on any atom is -0.494 e. The molecule has 10 heteroatoms. The standard InChI is InChI=1S/C19H20F2N6O2/c1-4-17-23-12(9-26(17)5-2)10-27-11-15(24-25-27)19(28)22-8-13-14(20)6-7-16(29-3)18(13)21/h5-7,9,11H,2,4,8,10H2,1,3H3,(H,22,28). The lowest BCUT2D eigenvalue weighted by Crippen LogP contribution is -2.24. The summed E-state index contributed by atoms with van der Waals surface area (Å²) in [7, 11) is 1.28. The Morgan fingerprint density at radius 2 is 2.14 bits per heavy atom. The number of carbonyl (C=O) groups excluding carboxylic acids is 1. The van der Waals surface area contributed by atoms with E-state index in [4.69, 9.17) is 4.74 Å². The zero-order chi connectivity index (χ0) is 21.0. The first-order chi connectivity index (χ1) is 14.0. The fourth-order valence-electron chi connectivity index (χ4n) is 2.78. The maximum absolute atomic E-state index is 14.2. The van der Waals surface area contributed by atoms with Crippen molar-refractivity contribution in [1.29, 1.82) is 0 Å². The molecule has 0 saturated carbocycles. The van der Waals surface area contributed by atoms with Gasteiger partial charge in [0.2, 0.25) is 0 Å². The van der Waals surface area contributed by atoms with E-state index in [0.717, 1.165) is 24.0 Å². The summed E-state index contributed by atoms with van der Waals surface area (Å²) in [4.78, 5) is 16.7. The number of methoxy groups -OCH3 is 1. The zero-order valence-corrected chi connectivity index (χ0v) is 16.0.